The average Bonchev–Trinajstić information content (AvgIpc) is 2.62. The molecule has 1 unspecified atom stereocenters. The molecule has 1 heterocycles. The zero-order valence-electron chi connectivity index (χ0n) is 14.2. The van der Waals surface area contributed by atoms with Gasteiger partial charge in [0.05, 0.1) is 6.10 Å². The van der Waals surface area contributed by atoms with Gasteiger partial charge in [0.1, 0.15) is 0 Å². The smallest absolute Gasteiger partial charge is 0.0791 e. The molecule has 0 saturated heterocycles. The fraction of sp³-hybridized carbons (Fsp3) is 0.400. The Morgan fingerprint density at radius 2 is 1.88 bits per heavy atom. The van der Waals surface area contributed by atoms with E-state index in [1.807, 2.05) is 0 Å². The van der Waals surface area contributed by atoms with Gasteiger partial charge in [-0.05, 0) is 41.5 Å². The molecule has 0 saturated carbocycles. The van der Waals surface area contributed by atoms with Crippen LogP contribution in [0.4, 0.5) is 0 Å². The summed E-state index contributed by atoms with van der Waals surface area (Å²) in [5.74, 6) is 0. The molecule has 0 amide bonds. The summed E-state index contributed by atoms with van der Waals surface area (Å²) in [6, 6.07) is 17.2. The van der Waals surface area contributed by atoms with E-state index in [1.165, 1.54) is 21.6 Å². The van der Waals surface area contributed by atoms with Crippen molar-refractivity contribution in [3.05, 3.63) is 65.2 Å². The van der Waals surface area contributed by atoms with E-state index in [2.05, 4.69) is 65.0 Å². The first-order valence-corrected chi connectivity index (χ1v) is 9.78. The predicted molar refractivity (Wildman–Crippen MR) is 101 cm³/mol. The molecule has 0 aromatic heterocycles. The minimum absolute atomic E-state index is 0.333. The van der Waals surface area contributed by atoms with Crippen molar-refractivity contribution < 1.29 is 5.11 Å². The molecule has 3 nitrogen and oxygen atoms in total. The van der Waals surface area contributed by atoms with E-state index in [-0.39, 0.29) is 6.10 Å². The highest BCUT2D eigenvalue weighted by Crippen LogP contribution is 2.18. The largest absolute Gasteiger partial charge is 0.390 e. The number of aliphatic hydroxyl groups is 1. The number of hydrogen-bond donors (Lipinski definition) is 2. The summed E-state index contributed by atoms with van der Waals surface area (Å²) in [4.78, 5) is 3.63. The van der Waals surface area contributed by atoms with E-state index in [4.69, 9.17) is 0 Å². The Labute approximate surface area is 149 Å². The van der Waals surface area contributed by atoms with Crippen LogP contribution in [0.5, 0.6) is 0 Å². The van der Waals surface area contributed by atoms with Crippen molar-refractivity contribution >= 4 is 11.8 Å². The van der Waals surface area contributed by atoms with Crippen LogP contribution in [0.2, 0.25) is 0 Å². The quantitative estimate of drug-likeness (QED) is 0.759. The standard InChI is InChI=1S/C20H26N2OS/c1-24-20-8-6-16(7-9-20)12-21-13-19(23)15-22-11-10-17-4-2-3-5-18(17)14-22/h2-9,19,21,23H,10-15H2,1H3. The zero-order chi connectivity index (χ0) is 16.8. The second-order valence-corrected chi connectivity index (χ2v) is 7.27. The lowest BCUT2D eigenvalue weighted by Gasteiger charge is -2.30. The topological polar surface area (TPSA) is 35.5 Å². The van der Waals surface area contributed by atoms with Crippen LogP contribution in [-0.4, -0.2) is 42.0 Å². The molecule has 0 aliphatic carbocycles. The molecule has 1 atom stereocenters. The lowest BCUT2D eigenvalue weighted by atomic mass is 10.00. The number of hydrogen-bond acceptors (Lipinski definition) is 4. The summed E-state index contributed by atoms with van der Waals surface area (Å²) < 4.78 is 0. The SMILES string of the molecule is CSc1ccc(CNCC(O)CN2CCc3ccccc3C2)cc1. The van der Waals surface area contributed by atoms with Crippen LogP contribution in [0, 0.1) is 0 Å². The lowest BCUT2D eigenvalue weighted by molar-refractivity contribution is 0.104. The van der Waals surface area contributed by atoms with Crippen molar-refractivity contribution in [2.24, 2.45) is 0 Å². The Morgan fingerprint density at radius 3 is 2.62 bits per heavy atom. The van der Waals surface area contributed by atoms with Crippen molar-refractivity contribution in [1.29, 1.82) is 0 Å². The van der Waals surface area contributed by atoms with Gasteiger partial charge >= 0.3 is 0 Å². The van der Waals surface area contributed by atoms with Crippen molar-refractivity contribution in [1.82, 2.24) is 10.2 Å². The molecule has 2 N–H and O–H groups in total. The molecule has 0 radical (unpaired) electrons. The van der Waals surface area contributed by atoms with E-state index in [0.717, 1.165) is 32.6 Å². The number of fused-ring (bicyclic) bond motifs is 1. The molecule has 2 aromatic carbocycles. The molecule has 24 heavy (non-hydrogen) atoms. The fourth-order valence-corrected chi connectivity index (χ4v) is 3.61. The highest BCUT2D eigenvalue weighted by molar-refractivity contribution is 7.98. The van der Waals surface area contributed by atoms with Crippen molar-refractivity contribution in [2.45, 2.75) is 30.5 Å². The summed E-state index contributed by atoms with van der Waals surface area (Å²) in [5, 5.41) is 13.7. The second-order valence-electron chi connectivity index (χ2n) is 6.39. The van der Waals surface area contributed by atoms with Gasteiger partial charge in [-0.15, -0.1) is 11.8 Å². The van der Waals surface area contributed by atoms with Gasteiger partial charge in [-0.1, -0.05) is 36.4 Å². The first kappa shape index (κ1) is 17.5. The Balaban J connectivity index is 1.40. The second kappa shape index (κ2) is 8.67. The molecule has 1 aliphatic rings. The van der Waals surface area contributed by atoms with Crippen LogP contribution >= 0.6 is 11.8 Å². The van der Waals surface area contributed by atoms with E-state index >= 15 is 0 Å². The van der Waals surface area contributed by atoms with Gasteiger partial charge in [0.2, 0.25) is 0 Å². The number of β-amino-alcohol motifs (C(OH)–C–C–N with tert-alkyl or cyclic N) is 1. The Kier molecular flexibility index (Phi) is 6.32. The van der Waals surface area contributed by atoms with Crippen LogP contribution in [0.25, 0.3) is 0 Å². The number of nitrogens with one attached hydrogen (secondary N) is 1. The molecule has 4 heteroatoms. The Hall–Kier alpha value is -1.33. The van der Waals surface area contributed by atoms with Gasteiger partial charge in [-0.3, -0.25) is 4.90 Å². The first-order valence-electron chi connectivity index (χ1n) is 8.55. The molecular weight excluding hydrogens is 316 g/mol. The summed E-state index contributed by atoms with van der Waals surface area (Å²) in [5.41, 5.74) is 4.11. The predicted octanol–water partition coefficient (Wildman–Crippen LogP) is 2.92. The Bertz CT molecular complexity index is 644. The Morgan fingerprint density at radius 1 is 1.12 bits per heavy atom. The van der Waals surface area contributed by atoms with Crippen LogP contribution in [0.15, 0.2) is 53.4 Å². The minimum Gasteiger partial charge on any atom is -0.390 e. The monoisotopic (exact) mass is 342 g/mol. The highest BCUT2D eigenvalue weighted by Gasteiger charge is 2.18. The van der Waals surface area contributed by atoms with E-state index in [1.54, 1.807) is 11.8 Å². The first-order chi connectivity index (χ1) is 11.7. The number of nitrogens with zero attached hydrogens (tertiary/aromatic N) is 1. The fourth-order valence-electron chi connectivity index (χ4n) is 3.20. The van der Waals surface area contributed by atoms with Crippen molar-refractivity contribution in [2.75, 3.05) is 25.9 Å². The van der Waals surface area contributed by atoms with Crippen LogP contribution in [0.3, 0.4) is 0 Å². The summed E-state index contributed by atoms with van der Waals surface area (Å²) in [7, 11) is 0. The number of rotatable bonds is 7. The number of benzene rings is 2. The maximum atomic E-state index is 10.3. The highest BCUT2D eigenvalue weighted by atomic mass is 32.2. The zero-order valence-corrected chi connectivity index (χ0v) is 15.1. The third-order valence-electron chi connectivity index (χ3n) is 4.55. The molecule has 2 aromatic rings. The van der Waals surface area contributed by atoms with Gasteiger partial charge in [0, 0.05) is 37.6 Å². The van der Waals surface area contributed by atoms with Gasteiger partial charge in [0.25, 0.3) is 0 Å². The number of aliphatic hydroxyl groups excluding tert-OH is 1. The third-order valence-corrected chi connectivity index (χ3v) is 5.29. The third kappa shape index (κ3) is 4.84. The molecule has 3 rings (SSSR count). The van der Waals surface area contributed by atoms with Crippen molar-refractivity contribution in [3.63, 3.8) is 0 Å². The van der Waals surface area contributed by atoms with E-state index < -0.39 is 0 Å². The van der Waals surface area contributed by atoms with Gasteiger partial charge in [-0.2, -0.15) is 0 Å². The van der Waals surface area contributed by atoms with Crippen molar-refractivity contribution in [3.8, 4) is 0 Å². The van der Waals surface area contributed by atoms with Crippen LogP contribution in [0.1, 0.15) is 16.7 Å². The molecule has 1 aliphatic heterocycles. The minimum atomic E-state index is -0.333. The maximum Gasteiger partial charge on any atom is 0.0791 e. The molecular formula is C20H26N2OS. The van der Waals surface area contributed by atoms with Gasteiger partial charge in [0.15, 0.2) is 0 Å². The van der Waals surface area contributed by atoms with E-state index in [0.29, 0.717) is 6.54 Å². The van der Waals surface area contributed by atoms with Crippen LogP contribution < -0.4 is 5.32 Å². The normalized spacial score (nSPS) is 15.9. The maximum absolute atomic E-state index is 10.3. The van der Waals surface area contributed by atoms with Gasteiger partial charge in [-0.25, -0.2) is 0 Å². The summed E-state index contributed by atoms with van der Waals surface area (Å²) in [6.07, 6.45) is 2.83. The van der Waals surface area contributed by atoms with Gasteiger partial charge < -0.3 is 10.4 Å². The molecule has 0 spiro atoms. The molecule has 0 fully saturated rings. The number of thioether (sulfide) groups is 1. The summed E-state index contributed by atoms with van der Waals surface area (Å²) in [6.45, 7) is 4.14. The average molecular weight is 343 g/mol. The molecule has 0 bridgehead atoms. The lowest BCUT2D eigenvalue weighted by Crippen LogP contribution is -2.40. The molecule has 128 valence electrons. The van der Waals surface area contributed by atoms with Crippen LogP contribution in [-0.2, 0) is 19.5 Å². The summed E-state index contributed by atoms with van der Waals surface area (Å²) >= 11 is 1.75. The van der Waals surface area contributed by atoms with E-state index in [9.17, 15) is 5.11 Å².